The molecular formula is C76H141NO18. The Balaban J connectivity index is 1.39. The van der Waals surface area contributed by atoms with Gasteiger partial charge in [-0.25, -0.2) is 0 Å². The van der Waals surface area contributed by atoms with E-state index in [0.29, 0.717) is 12.8 Å². The Morgan fingerprint density at radius 1 is 0.368 bits per heavy atom. The van der Waals surface area contributed by atoms with Crippen molar-refractivity contribution in [3.63, 3.8) is 0 Å². The Morgan fingerprint density at radius 3 is 1.05 bits per heavy atom. The maximum atomic E-state index is 13.4. The van der Waals surface area contributed by atoms with E-state index in [9.17, 15) is 61.0 Å². The molecule has 3 heterocycles. The summed E-state index contributed by atoms with van der Waals surface area (Å²) in [7, 11) is 0. The minimum Gasteiger partial charge on any atom is -0.394 e. The monoisotopic (exact) mass is 1360 g/mol. The summed E-state index contributed by atoms with van der Waals surface area (Å²) in [6.45, 7) is 1.75. The largest absolute Gasteiger partial charge is 0.394 e. The number of unbranched alkanes of at least 4 members (excludes halogenated alkanes) is 41. The van der Waals surface area contributed by atoms with Crippen molar-refractivity contribution in [1.29, 1.82) is 0 Å². The van der Waals surface area contributed by atoms with Crippen molar-refractivity contribution >= 4 is 5.91 Å². The van der Waals surface area contributed by atoms with Crippen LogP contribution in [0.1, 0.15) is 309 Å². The van der Waals surface area contributed by atoms with Crippen molar-refractivity contribution in [3.05, 3.63) is 36.5 Å². The van der Waals surface area contributed by atoms with E-state index in [-0.39, 0.29) is 18.9 Å². The average molecular weight is 1360 g/mol. The number of allylic oxidation sites excluding steroid dienone is 5. The summed E-state index contributed by atoms with van der Waals surface area (Å²) in [5.41, 5.74) is 0. The molecule has 3 rings (SSSR count). The fraction of sp³-hybridized carbons (Fsp3) is 0.908. The first-order valence-electron chi connectivity index (χ1n) is 38.7. The maximum absolute atomic E-state index is 13.4. The summed E-state index contributed by atoms with van der Waals surface area (Å²) < 4.78 is 34.4. The number of hydrogen-bond donors (Lipinski definition) is 12. The number of aliphatic hydroxyl groups is 11. The summed E-state index contributed by atoms with van der Waals surface area (Å²) in [4.78, 5) is 13.4. The lowest BCUT2D eigenvalue weighted by molar-refractivity contribution is -0.379. The van der Waals surface area contributed by atoms with Crippen LogP contribution in [0.3, 0.4) is 0 Å². The molecule has 19 heteroatoms. The second-order valence-corrected chi connectivity index (χ2v) is 27.8. The average Bonchev–Trinajstić information content (AvgIpc) is 0.788. The zero-order valence-electron chi connectivity index (χ0n) is 59.4. The Hall–Kier alpha value is -1.99. The molecule has 0 aromatic rings. The maximum Gasteiger partial charge on any atom is 0.220 e. The van der Waals surface area contributed by atoms with Gasteiger partial charge < -0.3 is 89.9 Å². The van der Waals surface area contributed by atoms with Crippen molar-refractivity contribution < 1.29 is 89.4 Å². The standard InChI is InChI=1S/C76H141NO18/c1-3-5-7-9-11-13-15-17-19-21-23-25-26-27-28-29-30-31-32-33-34-36-38-40-42-44-46-48-50-52-54-64(82)77-59(60(81)53-51-49-47-45-43-41-39-37-35-24-22-20-18-16-14-12-10-8-6-4-2)58-90-74-70(88)67(85)72(62(56-79)92-74)95-76-71(89)68(86)73(63(57-80)93-76)94-75-69(87)66(84)65(83)61(55-78)91-75/h35,37,43,45,51,53,59-63,65-76,78-81,83-89H,3-34,36,38-42,44,46-50,52,54-58H2,1-2H3,(H,77,82)/b37-35+,45-43+,53-51+. The fourth-order valence-electron chi connectivity index (χ4n) is 13.2. The molecule has 12 N–H and O–H groups in total. The molecule has 558 valence electrons. The molecule has 0 radical (unpaired) electrons. The third-order valence-corrected chi connectivity index (χ3v) is 19.4. The van der Waals surface area contributed by atoms with Gasteiger partial charge in [-0.15, -0.1) is 0 Å². The van der Waals surface area contributed by atoms with E-state index in [0.717, 1.165) is 44.9 Å². The van der Waals surface area contributed by atoms with Crippen LogP contribution in [-0.4, -0.2) is 193 Å². The van der Waals surface area contributed by atoms with Crippen molar-refractivity contribution in [3.8, 4) is 0 Å². The van der Waals surface area contributed by atoms with Gasteiger partial charge in [-0.3, -0.25) is 4.79 Å². The Morgan fingerprint density at radius 2 is 0.674 bits per heavy atom. The van der Waals surface area contributed by atoms with Gasteiger partial charge in [0.25, 0.3) is 0 Å². The molecule has 95 heavy (non-hydrogen) atoms. The smallest absolute Gasteiger partial charge is 0.220 e. The highest BCUT2D eigenvalue weighted by Gasteiger charge is 2.53. The van der Waals surface area contributed by atoms with Crippen LogP contribution < -0.4 is 5.32 Å². The van der Waals surface area contributed by atoms with Gasteiger partial charge in [-0.1, -0.05) is 294 Å². The molecule has 17 unspecified atom stereocenters. The molecule has 1 amide bonds. The molecule has 3 fully saturated rings. The molecule has 0 aliphatic carbocycles. The van der Waals surface area contributed by atoms with Crippen molar-refractivity contribution in [1.82, 2.24) is 5.32 Å². The number of hydrogen-bond acceptors (Lipinski definition) is 18. The van der Waals surface area contributed by atoms with Crippen LogP contribution in [0, 0.1) is 0 Å². The first kappa shape index (κ1) is 87.2. The van der Waals surface area contributed by atoms with Crippen LogP contribution in [0.2, 0.25) is 0 Å². The van der Waals surface area contributed by atoms with E-state index in [2.05, 4.69) is 43.5 Å². The lowest BCUT2D eigenvalue weighted by Gasteiger charge is -2.48. The molecule has 3 saturated heterocycles. The molecule has 0 bridgehead atoms. The van der Waals surface area contributed by atoms with Gasteiger partial charge in [0, 0.05) is 6.42 Å². The minimum atomic E-state index is -1.98. The normalized spacial score (nSPS) is 27.4. The van der Waals surface area contributed by atoms with Gasteiger partial charge in [0.1, 0.15) is 73.2 Å². The Labute approximate surface area is 574 Å². The number of carbonyl (C=O) groups is 1. The highest BCUT2D eigenvalue weighted by molar-refractivity contribution is 5.76. The molecular weight excluding hydrogens is 1210 g/mol. The second-order valence-electron chi connectivity index (χ2n) is 27.8. The van der Waals surface area contributed by atoms with Gasteiger partial charge in [0.05, 0.1) is 38.6 Å². The van der Waals surface area contributed by atoms with Crippen LogP contribution in [-0.2, 0) is 33.2 Å². The van der Waals surface area contributed by atoms with Gasteiger partial charge in [0.2, 0.25) is 5.91 Å². The molecule has 3 aliphatic heterocycles. The van der Waals surface area contributed by atoms with Crippen molar-refractivity contribution in [2.24, 2.45) is 0 Å². The Bertz CT molecular complexity index is 1860. The fourth-order valence-corrected chi connectivity index (χ4v) is 13.2. The van der Waals surface area contributed by atoms with Crippen LogP contribution in [0.5, 0.6) is 0 Å². The van der Waals surface area contributed by atoms with Crippen LogP contribution in [0.15, 0.2) is 36.5 Å². The third-order valence-electron chi connectivity index (χ3n) is 19.4. The summed E-state index contributed by atoms with van der Waals surface area (Å²) >= 11 is 0. The highest BCUT2D eigenvalue weighted by atomic mass is 16.8. The van der Waals surface area contributed by atoms with Gasteiger partial charge in [-0.2, -0.15) is 0 Å². The van der Waals surface area contributed by atoms with Crippen LogP contribution in [0.25, 0.3) is 0 Å². The first-order chi connectivity index (χ1) is 46.3. The number of amides is 1. The van der Waals surface area contributed by atoms with E-state index in [1.54, 1.807) is 6.08 Å². The molecule has 19 nitrogen and oxygen atoms in total. The molecule has 17 atom stereocenters. The predicted octanol–water partition coefficient (Wildman–Crippen LogP) is 11.9. The SMILES string of the molecule is CCCCCCCCCCCC/C=C/CC/C=C/CC/C=C/C(O)C(COC1OC(CO)C(OC2OC(CO)C(OC3OC(CO)C(O)C(O)C3O)C(O)C2O)C(O)C1O)NC(=O)CCCCCCCCCCCCCCCCCCCCCCCCCCCCCCCC. The molecule has 0 aromatic carbocycles. The number of aliphatic hydroxyl groups excluding tert-OH is 11. The second kappa shape index (κ2) is 57.6. The summed E-state index contributed by atoms with van der Waals surface area (Å²) in [5, 5.41) is 121. The van der Waals surface area contributed by atoms with Crippen LogP contribution in [0.4, 0.5) is 0 Å². The van der Waals surface area contributed by atoms with Gasteiger partial charge >= 0.3 is 0 Å². The lowest BCUT2D eigenvalue weighted by Crippen LogP contribution is -2.66. The summed E-state index contributed by atoms with van der Waals surface area (Å²) in [5.74, 6) is -0.283. The number of ether oxygens (including phenoxy) is 6. The first-order valence-corrected chi connectivity index (χ1v) is 38.7. The lowest BCUT2D eigenvalue weighted by atomic mass is 9.96. The van der Waals surface area contributed by atoms with Gasteiger partial charge in [0.15, 0.2) is 18.9 Å². The van der Waals surface area contributed by atoms with E-state index < -0.39 is 124 Å². The molecule has 3 aliphatic rings. The zero-order valence-corrected chi connectivity index (χ0v) is 59.4. The number of rotatable bonds is 61. The third kappa shape index (κ3) is 38.6. The predicted molar refractivity (Wildman–Crippen MR) is 374 cm³/mol. The highest BCUT2D eigenvalue weighted by Crippen LogP contribution is 2.33. The van der Waals surface area contributed by atoms with E-state index in [1.165, 1.54) is 231 Å². The topological polar surface area (TPSA) is 307 Å². The van der Waals surface area contributed by atoms with E-state index >= 15 is 0 Å². The molecule has 0 aromatic heterocycles. The summed E-state index contributed by atoms with van der Waals surface area (Å²) in [6, 6.07) is -0.995. The molecule has 0 saturated carbocycles. The van der Waals surface area contributed by atoms with E-state index in [1.807, 2.05) is 6.08 Å². The van der Waals surface area contributed by atoms with E-state index in [4.69, 9.17) is 28.4 Å². The van der Waals surface area contributed by atoms with Crippen LogP contribution >= 0.6 is 0 Å². The number of carbonyl (C=O) groups excluding carboxylic acids is 1. The summed E-state index contributed by atoms with van der Waals surface area (Å²) in [6.07, 6.45) is 42.8. The minimum absolute atomic E-state index is 0.236. The molecule has 0 spiro atoms. The quantitative estimate of drug-likeness (QED) is 0.0199. The van der Waals surface area contributed by atoms with Crippen molar-refractivity contribution in [2.45, 2.75) is 413 Å². The van der Waals surface area contributed by atoms with Gasteiger partial charge in [-0.05, 0) is 44.9 Å². The Kier molecular flexibility index (Phi) is 52.9. The number of nitrogens with one attached hydrogen (secondary N) is 1. The van der Waals surface area contributed by atoms with Crippen molar-refractivity contribution in [2.75, 3.05) is 26.4 Å². The zero-order chi connectivity index (χ0) is 68.9.